The van der Waals surface area contributed by atoms with Gasteiger partial charge in [-0.05, 0) is 24.7 Å². The summed E-state index contributed by atoms with van der Waals surface area (Å²) in [7, 11) is 2.13. The van der Waals surface area contributed by atoms with Gasteiger partial charge in [0.15, 0.2) is 17.6 Å². The zero-order valence-corrected chi connectivity index (χ0v) is 20.0. The number of hydrogen-bond donors (Lipinski definition) is 1. The Hall–Kier alpha value is -3.47. The maximum atomic E-state index is 13.4. The van der Waals surface area contributed by atoms with E-state index in [9.17, 15) is 14.7 Å². The molecule has 0 spiro atoms. The molecule has 1 atom stereocenters. The predicted octanol–water partition coefficient (Wildman–Crippen LogP) is 1.03. The summed E-state index contributed by atoms with van der Waals surface area (Å²) in [5, 5.41) is 11.4. The fraction of sp³-hybridized carbons (Fsp3) is 0.423. The highest BCUT2D eigenvalue weighted by Gasteiger charge is 2.35. The number of ether oxygens (including phenoxy) is 3. The van der Waals surface area contributed by atoms with E-state index >= 15 is 0 Å². The average Bonchev–Trinajstić information content (AvgIpc) is 3.25. The zero-order valence-electron chi connectivity index (χ0n) is 20.0. The van der Waals surface area contributed by atoms with Gasteiger partial charge in [0, 0.05) is 55.3 Å². The van der Waals surface area contributed by atoms with Crippen LogP contribution in [0.3, 0.4) is 0 Å². The lowest BCUT2D eigenvalue weighted by Gasteiger charge is -2.33. The molecule has 0 saturated carbocycles. The van der Waals surface area contributed by atoms with E-state index < -0.39 is 12.1 Å². The van der Waals surface area contributed by atoms with Crippen LogP contribution in [0, 0.1) is 0 Å². The summed E-state index contributed by atoms with van der Waals surface area (Å²) in [6.45, 7) is 5.84. The molecule has 0 aliphatic carbocycles. The fourth-order valence-electron chi connectivity index (χ4n) is 5.66. The molecule has 7 rings (SSSR count). The van der Waals surface area contributed by atoms with Crippen LogP contribution in [0.15, 0.2) is 23.0 Å². The molecule has 1 fully saturated rings. The van der Waals surface area contributed by atoms with E-state index in [-0.39, 0.29) is 12.2 Å². The van der Waals surface area contributed by atoms with E-state index in [0.717, 1.165) is 54.8 Å². The Bertz CT molecular complexity index is 1490. The third kappa shape index (κ3) is 3.25. The number of esters is 1. The van der Waals surface area contributed by atoms with Crippen molar-refractivity contribution in [2.45, 2.75) is 25.8 Å². The molecule has 1 unspecified atom stereocenters. The summed E-state index contributed by atoms with van der Waals surface area (Å²) in [5.41, 5.74) is 4.55. The number of fused-ring (bicyclic) bond motifs is 6. The number of aliphatic hydroxyl groups is 1. The molecule has 10 heteroatoms. The number of aromatic nitrogens is 2. The van der Waals surface area contributed by atoms with Crippen molar-refractivity contribution in [1.29, 1.82) is 0 Å². The molecule has 1 aromatic carbocycles. The van der Waals surface area contributed by atoms with Crippen molar-refractivity contribution in [3.63, 3.8) is 0 Å². The molecular weight excluding hydrogens is 464 g/mol. The van der Waals surface area contributed by atoms with E-state index in [0.29, 0.717) is 53.8 Å². The van der Waals surface area contributed by atoms with Crippen molar-refractivity contribution in [1.82, 2.24) is 19.4 Å². The molecule has 0 radical (unpaired) electrons. The first kappa shape index (κ1) is 21.8. The van der Waals surface area contributed by atoms with Crippen LogP contribution in [-0.2, 0) is 29.2 Å². The lowest BCUT2D eigenvalue weighted by Crippen LogP contribution is -2.44. The van der Waals surface area contributed by atoms with Crippen LogP contribution in [0.4, 0.5) is 0 Å². The minimum Gasteiger partial charge on any atom is -0.486 e. The van der Waals surface area contributed by atoms with Gasteiger partial charge >= 0.3 is 5.97 Å². The van der Waals surface area contributed by atoms with E-state index in [1.807, 2.05) is 12.1 Å². The third-order valence-electron chi connectivity index (χ3n) is 7.72. The van der Waals surface area contributed by atoms with Crippen LogP contribution >= 0.6 is 0 Å². The van der Waals surface area contributed by atoms with Crippen molar-refractivity contribution >= 4 is 16.9 Å². The van der Waals surface area contributed by atoms with E-state index in [1.54, 1.807) is 10.6 Å². The summed E-state index contributed by atoms with van der Waals surface area (Å²) >= 11 is 0. The lowest BCUT2D eigenvalue weighted by molar-refractivity contribution is -0.157. The van der Waals surface area contributed by atoms with E-state index in [1.165, 1.54) is 0 Å². The highest BCUT2D eigenvalue weighted by molar-refractivity contribution is 5.91. The molecule has 1 saturated heterocycles. The number of benzene rings is 1. The van der Waals surface area contributed by atoms with Crippen LogP contribution in [0.2, 0.25) is 0 Å². The number of pyridine rings is 2. The number of carbonyl (C=O) groups is 1. The Labute approximate surface area is 206 Å². The Morgan fingerprint density at radius 3 is 2.53 bits per heavy atom. The first-order valence-corrected chi connectivity index (χ1v) is 12.3. The van der Waals surface area contributed by atoms with E-state index in [4.69, 9.17) is 19.2 Å². The fourth-order valence-corrected chi connectivity index (χ4v) is 5.66. The second kappa shape index (κ2) is 8.02. The van der Waals surface area contributed by atoms with Gasteiger partial charge in [0.25, 0.3) is 5.56 Å². The predicted molar refractivity (Wildman–Crippen MR) is 129 cm³/mol. The summed E-state index contributed by atoms with van der Waals surface area (Å²) in [5.74, 6) is 0.624. The summed E-state index contributed by atoms with van der Waals surface area (Å²) in [6.07, 6.45) is -1.47. The minimum atomic E-state index is -1.47. The number of aliphatic hydroxyl groups excluding tert-OH is 1. The molecule has 6 heterocycles. The van der Waals surface area contributed by atoms with Gasteiger partial charge < -0.3 is 28.8 Å². The van der Waals surface area contributed by atoms with Crippen molar-refractivity contribution < 1.29 is 24.1 Å². The topological polar surface area (TPSA) is 106 Å². The van der Waals surface area contributed by atoms with Gasteiger partial charge in [0.1, 0.15) is 19.8 Å². The van der Waals surface area contributed by atoms with Crippen LogP contribution in [-0.4, -0.2) is 76.9 Å². The first-order valence-electron chi connectivity index (χ1n) is 12.3. The summed E-state index contributed by atoms with van der Waals surface area (Å²) in [4.78, 5) is 35.2. The highest BCUT2D eigenvalue weighted by atomic mass is 16.6. The van der Waals surface area contributed by atoms with Gasteiger partial charge in [0.05, 0.1) is 29.0 Å². The van der Waals surface area contributed by atoms with Gasteiger partial charge in [-0.1, -0.05) is 0 Å². The largest absolute Gasteiger partial charge is 0.486 e. The molecule has 10 nitrogen and oxygen atoms in total. The Kier molecular flexibility index (Phi) is 4.85. The molecule has 1 N–H and O–H groups in total. The van der Waals surface area contributed by atoms with Gasteiger partial charge in [-0.15, -0.1) is 0 Å². The first-order chi connectivity index (χ1) is 17.5. The van der Waals surface area contributed by atoms with Gasteiger partial charge in [-0.25, -0.2) is 9.78 Å². The maximum Gasteiger partial charge on any atom is 0.340 e. The molecule has 3 aromatic rings. The summed E-state index contributed by atoms with van der Waals surface area (Å²) in [6, 6.07) is 5.64. The molecule has 2 aromatic heterocycles. The average molecular weight is 491 g/mol. The van der Waals surface area contributed by atoms with Gasteiger partial charge in [-0.3, -0.25) is 9.69 Å². The molecular formula is C26H26N4O6. The monoisotopic (exact) mass is 490 g/mol. The number of nitrogens with zero attached hydrogens (tertiary/aromatic N) is 4. The molecule has 36 heavy (non-hydrogen) atoms. The molecule has 186 valence electrons. The molecule has 4 aliphatic heterocycles. The molecule has 0 amide bonds. The summed E-state index contributed by atoms with van der Waals surface area (Å²) < 4.78 is 18.4. The van der Waals surface area contributed by atoms with Crippen molar-refractivity contribution in [2.75, 3.05) is 46.4 Å². The number of piperazine rings is 1. The van der Waals surface area contributed by atoms with Crippen molar-refractivity contribution in [2.24, 2.45) is 0 Å². The number of carbonyl (C=O) groups excluding carboxylic acids is 1. The van der Waals surface area contributed by atoms with Crippen LogP contribution < -0.4 is 15.0 Å². The quantitative estimate of drug-likeness (QED) is 0.413. The SMILES string of the molecule is CN1CCN(Cc2c3c(nc4cc5c(cc24)OCCO5)-c2cc4c(c(=O)n2C3)COC(=O)C4O)CC1. The number of likely N-dealkylation sites (N-methyl/N-ethyl adjacent to an activating group) is 1. The van der Waals surface area contributed by atoms with Crippen molar-refractivity contribution in [3.8, 4) is 22.9 Å². The number of cyclic esters (lactones) is 1. The second-order valence-electron chi connectivity index (χ2n) is 9.87. The zero-order chi connectivity index (χ0) is 24.6. The van der Waals surface area contributed by atoms with Gasteiger partial charge in [0.2, 0.25) is 0 Å². The number of rotatable bonds is 2. The maximum absolute atomic E-state index is 13.4. The third-order valence-corrected chi connectivity index (χ3v) is 7.72. The standard InChI is InChI=1S/C26H26N4O6/c1-28-2-4-29(5-3-28)11-16-14-9-21-22(35-7-6-34-21)10-19(14)27-23-17(16)12-30-20(23)8-15-18(25(30)32)13-36-26(33)24(15)31/h8-10,24,31H,2-7,11-13H2,1H3. The number of hydrogen-bond acceptors (Lipinski definition) is 9. The molecule has 0 bridgehead atoms. The van der Waals surface area contributed by atoms with E-state index in [2.05, 4.69) is 16.8 Å². The van der Waals surface area contributed by atoms with Crippen LogP contribution in [0.5, 0.6) is 11.5 Å². The Balaban J connectivity index is 1.43. The normalized spacial score (nSPS) is 21.2. The minimum absolute atomic E-state index is 0.133. The van der Waals surface area contributed by atoms with Gasteiger partial charge in [-0.2, -0.15) is 0 Å². The van der Waals surface area contributed by atoms with Crippen LogP contribution in [0.1, 0.15) is 28.4 Å². The smallest absolute Gasteiger partial charge is 0.340 e. The highest BCUT2D eigenvalue weighted by Crippen LogP contribution is 2.42. The Morgan fingerprint density at radius 1 is 1.00 bits per heavy atom. The molecule has 4 aliphatic rings. The van der Waals surface area contributed by atoms with Crippen LogP contribution in [0.25, 0.3) is 22.3 Å². The second-order valence-corrected chi connectivity index (χ2v) is 9.87. The lowest BCUT2D eigenvalue weighted by atomic mass is 9.97. The Morgan fingerprint density at radius 2 is 1.75 bits per heavy atom. The van der Waals surface area contributed by atoms with Crippen molar-refractivity contribution in [3.05, 3.63) is 50.8 Å².